The maximum Gasteiger partial charge on any atom is 0.425 e. The molecular weight excluding hydrogens is 475 g/mol. The molecule has 1 fully saturated rings. The number of carbonyl (C=O) groups is 1. The topological polar surface area (TPSA) is 78.2 Å². The Morgan fingerprint density at radius 3 is 2.49 bits per heavy atom. The summed E-state index contributed by atoms with van der Waals surface area (Å²) in [6.45, 7) is 2.69. The van der Waals surface area contributed by atoms with Gasteiger partial charge in [-0.25, -0.2) is 13.6 Å². The smallest absolute Gasteiger partial charge is 0.425 e. The molecule has 1 aliphatic rings. The molecule has 0 saturated heterocycles. The summed E-state index contributed by atoms with van der Waals surface area (Å²) in [4.78, 5) is 25.6. The summed E-state index contributed by atoms with van der Waals surface area (Å²) < 4.78 is 75.9. The van der Waals surface area contributed by atoms with Crippen LogP contribution in [0.1, 0.15) is 48.8 Å². The number of rotatable bonds is 7. The van der Waals surface area contributed by atoms with Crippen molar-refractivity contribution in [2.45, 2.75) is 51.4 Å². The molecule has 186 valence electrons. The maximum absolute atomic E-state index is 15.2. The first-order valence-electron chi connectivity index (χ1n) is 10.8. The number of nitrogens with zero attached hydrogens (tertiary/aromatic N) is 3. The molecule has 1 heterocycles. The van der Waals surface area contributed by atoms with Gasteiger partial charge in [-0.1, -0.05) is 12.1 Å². The van der Waals surface area contributed by atoms with Gasteiger partial charge in [-0.15, -0.1) is 5.10 Å². The van der Waals surface area contributed by atoms with Crippen LogP contribution in [-0.4, -0.2) is 32.5 Å². The number of carbonyl (C=O) groups excluding carboxylic acids is 1. The first-order valence-corrected chi connectivity index (χ1v) is 10.8. The van der Waals surface area contributed by atoms with E-state index < -0.39 is 52.5 Å². The third-order valence-corrected chi connectivity index (χ3v) is 5.56. The largest absolute Gasteiger partial charge is 0.480 e. The van der Waals surface area contributed by atoms with E-state index in [1.54, 1.807) is 6.92 Å². The Morgan fingerprint density at radius 1 is 1.20 bits per heavy atom. The number of para-hydroxylation sites is 1. The van der Waals surface area contributed by atoms with Gasteiger partial charge in [0.25, 0.3) is 5.91 Å². The highest BCUT2D eigenvalue weighted by Gasteiger charge is 2.39. The fourth-order valence-electron chi connectivity index (χ4n) is 3.50. The fourth-order valence-corrected chi connectivity index (χ4v) is 3.50. The van der Waals surface area contributed by atoms with Gasteiger partial charge in [-0.05, 0) is 44.9 Å². The van der Waals surface area contributed by atoms with E-state index in [0.29, 0.717) is 18.8 Å². The molecule has 12 heteroatoms. The van der Waals surface area contributed by atoms with E-state index in [9.17, 15) is 27.2 Å². The number of nitrogens with one attached hydrogen (secondary N) is 1. The van der Waals surface area contributed by atoms with Crippen LogP contribution < -0.4 is 15.7 Å². The quantitative estimate of drug-likeness (QED) is 0.477. The lowest BCUT2D eigenvalue weighted by Crippen LogP contribution is -2.32. The normalized spacial score (nSPS) is 14.6. The molecular formula is C23H21F5N4O3. The summed E-state index contributed by atoms with van der Waals surface area (Å²) in [6.07, 6.45) is -5.54. The lowest BCUT2D eigenvalue weighted by molar-refractivity contribution is -0.189. The van der Waals surface area contributed by atoms with Crippen LogP contribution in [0.4, 0.5) is 27.6 Å². The summed E-state index contributed by atoms with van der Waals surface area (Å²) in [5.41, 5.74) is -2.03. The zero-order valence-corrected chi connectivity index (χ0v) is 18.7. The van der Waals surface area contributed by atoms with E-state index >= 15 is 4.39 Å². The molecule has 0 bridgehead atoms. The van der Waals surface area contributed by atoms with Gasteiger partial charge in [0, 0.05) is 18.5 Å². The summed E-state index contributed by atoms with van der Waals surface area (Å²) in [5, 5.41) is 6.39. The maximum atomic E-state index is 15.2. The van der Waals surface area contributed by atoms with Crippen LogP contribution in [0.2, 0.25) is 0 Å². The number of alkyl halides is 3. The van der Waals surface area contributed by atoms with Gasteiger partial charge in [0.15, 0.2) is 6.10 Å². The molecule has 1 N–H and O–H groups in total. The van der Waals surface area contributed by atoms with E-state index in [1.165, 1.54) is 22.8 Å². The van der Waals surface area contributed by atoms with E-state index in [2.05, 4.69) is 10.4 Å². The zero-order chi connectivity index (χ0) is 25.5. The number of aromatic nitrogens is 3. The van der Waals surface area contributed by atoms with Crippen molar-refractivity contribution in [3.05, 3.63) is 69.9 Å². The minimum absolute atomic E-state index is 0.0405. The van der Waals surface area contributed by atoms with E-state index in [4.69, 9.17) is 4.74 Å². The van der Waals surface area contributed by atoms with Crippen molar-refractivity contribution in [3.63, 3.8) is 0 Å². The van der Waals surface area contributed by atoms with Gasteiger partial charge in [0.05, 0.1) is 11.3 Å². The molecule has 7 nitrogen and oxygen atoms in total. The Morgan fingerprint density at radius 2 is 1.89 bits per heavy atom. The first-order chi connectivity index (χ1) is 16.5. The predicted molar refractivity (Wildman–Crippen MR) is 116 cm³/mol. The molecule has 2 aromatic carbocycles. The monoisotopic (exact) mass is 496 g/mol. The van der Waals surface area contributed by atoms with E-state index in [-0.39, 0.29) is 18.2 Å². The lowest BCUT2D eigenvalue weighted by Gasteiger charge is -2.20. The third kappa shape index (κ3) is 4.91. The summed E-state index contributed by atoms with van der Waals surface area (Å²) in [7, 11) is 0. The summed E-state index contributed by atoms with van der Waals surface area (Å²) in [6, 6.07) is 6.56. The second kappa shape index (κ2) is 9.16. The molecule has 1 amide bonds. The van der Waals surface area contributed by atoms with Crippen molar-refractivity contribution in [2.24, 2.45) is 0 Å². The molecule has 1 aliphatic carbocycles. The average molecular weight is 496 g/mol. The number of benzene rings is 2. The van der Waals surface area contributed by atoms with Crippen molar-refractivity contribution in [3.8, 4) is 11.4 Å². The molecule has 1 aromatic heterocycles. The first kappa shape index (κ1) is 24.4. The van der Waals surface area contributed by atoms with E-state index in [0.717, 1.165) is 29.7 Å². The predicted octanol–water partition coefficient (Wildman–Crippen LogP) is 4.79. The second-order valence-electron chi connectivity index (χ2n) is 8.11. The molecule has 0 radical (unpaired) electrons. The molecule has 0 unspecified atom stereocenters. The standard InChI is InChI=1S/C23H21F5N4O3/c1-3-31-20(13-8-9-13)30-32(22(31)34)18-11-19(35-12(2)23(26,27)28)14(10-16(18)25)21(33)29-17-7-5-4-6-15(17)24/h4-7,10-13H,3,8-9H2,1-2H3,(H,29,33)/t12-/m0/s1. The van der Waals surface area contributed by atoms with Crippen LogP contribution in [0.3, 0.4) is 0 Å². The highest BCUT2D eigenvalue weighted by molar-refractivity contribution is 6.06. The fraction of sp³-hybridized carbons (Fsp3) is 0.348. The van der Waals surface area contributed by atoms with Gasteiger partial charge < -0.3 is 10.1 Å². The molecule has 4 rings (SSSR count). The Bertz CT molecular complexity index is 1330. The van der Waals surface area contributed by atoms with Gasteiger partial charge in [0.1, 0.15) is 28.9 Å². The highest BCUT2D eigenvalue weighted by atomic mass is 19.4. The number of halogens is 5. The molecule has 1 atom stereocenters. The Balaban J connectivity index is 1.81. The van der Waals surface area contributed by atoms with Gasteiger partial charge >= 0.3 is 11.9 Å². The Labute approximate surface area is 196 Å². The summed E-state index contributed by atoms with van der Waals surface area (Å²) in [5.74, 6) is -3.15. The van der Waals surface area contributed by atoms with Crippen LogP contribution in [-0.2, 0) is 6.54 Å². The Kier molecular flexibility index (Phi) is 6.39. The van der Waals surface area contributed by atoms with Gasteiger partial charge in [0.2, 0.25) is 0 Å². The lowest BCUT2D eigenvalue weighted by atomic mass is 10.1. The van der Waals surface area contributed by atoms with E-state index in [1.807, 2.05) is 0 Å². The van der Waals surface area contributed by atoms with Gasteiger partial charge in [-0.2, -0.15) is 17.9 Å². The van der Waals surface area contributed by atoms with Crippen LogP contribution >= 0.6 is 0 Å². The third-order valence-electron chi connectivity index (χ3n) is 5.56. The number of amides is 1. The second-order valence-corrected chi connectivity index (χ2v) is 8.11. The minimum atomic E-state index is -4.80. The minimum Gasteiger partial charge on any atom is -0.480 e. The molecule has 1 saturated carbocycles. The van der Waals surface area contributed by atoms with Gasteiger partial charge in [-0.3, -0.25) is 9.36 Å². The van der Waals surface area contributed by atoms with Crippen molar-refractivity contribution < 1.29 is 31.5 Å². The molecule has 0 spiro atoms. The van der Waals surface area contributed by atoms with Crippen molar-refractivity contribution >= 4 is 11.6 Å². The molecule has 0 aliphatic heterocycles. The van der Waals surface area contributed by atoms with Crippen LogP contribution in [0, 0.1) is 11.6 Å². The zero-order valence-electron chi connectivity index (χ0n) is 18.7. The Hall–Kier alpha value is -3.70. The number of anilines is 1. The van der Waals surface area contributed by atoms with Crippen molar-refractivity contribution in [1.29, 1.82) is 0 Å². The average Bonchev–Trinajstić information content (AvgIpc) is 3.58. The SMILES string of the molecule is CCn1c(C2CC2)nn(-c2cc(O[C@@H](C)C(F)(F)F)c(C(=O)Nc3ccccc3F)cc2F)c1=O. The number of hydrogen-bond donors (Lipinski definition) is 1. The van der Waals surface area contributed by atoms with Crippen LogP contribution in [0.5, 0.6) is 5.75 Å². The number of ether oxygens (including phenoxy) is 1. The number of hydrogen-bond acceptors (Lipinski definition) is 4. The molecule has 3 aromatic rings. The van der Waals surface area contributed by atoms with Crippen molar-refractivity contribution in [1.82, 2.24) is 14.3 Å². The molecule has 35 heavy (non-hydrogen) atoms. The van der Waals surface area contributed by atoms with Crippen molar-refractivity contribution in [2.75, 3.05) is 5.32 Å². The van der Waals surface area contributed by atoms with Crippen LogP contribution in [0.25, 0.3) is 5.69 Å². The highest BCUT2D eigenvalue weighted by Crippen LogP contribution is 2.39. The summed E-state index contributed by atoms with van der Waals surface area (Å²) >= 11 is 0. The van der Waals surface area contributed by atoms with Crippen LogP contribution in [0.15, 0.2) is 41.2 Å².